The lowest BCUT2D eigenvalue weighted by Gasteiger charge is -2.19. The number of carbonyl (C=O) groups excluding carboxylic acids is 1. The van der Waals surface area contributed by atoms with Crippen LogP contribution in [0.25, 0.3) is 11.3 Å². The number of methoxy groups -OCH3 is 1. The van der Waals surface area contributed by atoms with Crippen molar-refractivity contribution in [2.24, 2.45) is 5.41 Å². The van der Waals surface area contributed by atoms with Gasteiger partial charge >= 0.3 is 5.97 Å². The predicted molar refractivity (Wildman–Crippen MR) is 101 cm³/mol. The van der Waals surface area contributed by atoms with E-state index in [4.69, 9.17) is 26.5 Å². The highest BCUT2D eigenvalue weighted by Gasteiger charge is 2.22. The molecule has 1 aromatic heterocycles. The van der Waals surface area contributed by atoms with E-state index in [9.17, 15) is 9.59 Å². The minimum Gasteiger partial charge on any atom is -0.495 e. The van der Waals surface area contributed by atoms with Gasteiger partial charge in [0, 0.05) is 11.0 Å². The summed E-state index contributed by atoms with van der Waals surface area (Å²) in [5.74, 6) is -0.626. The molecule has 3 N–H and O–H groups in total. The number of carboxylic acids is 1. The van der Waals surface area contributed by atoms with Crippen molar-refractivity contribution in [3.63, 3.8) is 0 Å². The third-order valence-electron chi connectivity index (χ3n) is 3.46. The Balaban J connectivity index is 2.25. The van der Waals surface area contributed by atoms with E-state index < -0.39 is 11.4 Å². The van der Waals surface area contributed by atoms with Gasteiger partial charge in [-0.3, -0.25) is 4.79 Å². The Kier molecular flexibility index (Phi) is 5.66. The summed E-state index contributed by atoms with van der Waals surface area (Å²) >= 11 is 5.19. The molecule has 0 atom stereocenters. The number of nitrogens with one attached hydrogen (secondary N) is 2. The van der Waals surface area contributed by atoms with E-state index in [1.165, 1.54) is 13.2 Å². The second-order valence-electron chi connectivity index (χ2n) is 6.54. The fourth-order valence-corrected chi connectivity index (χ4v) is 2.21. The number of carboxylic acid groups (broad SMARTS) is 1. The molecule has 26 heavy (non-hydrogen) atoms. The van der Waals surface area contributed by atoms with Gasteiger partial charge < -0.3 is 24.9 Å². The molecule has 0 unspecified atom stereocenters. The third-order valence-corrected chi connectivity index (χ3v) is 3.66. The Hall–Kier alpha value is -2.87. The maximum atomic E-state index is 12.0. The Morgan fingerprint density at radius 2 is 1.88 bits per heavy atom. The molecule has 1 aromatic carbocycles. The van der Waals surface area contributed by atoms with Crippen LogP contribution in [0.15, 0.2) is 34.7 Å². The van der Waals surface area contributed by atoms with Gasteiger partial charge in [-0.15, -0.1) is 0 Å². The molecule has 8 heteroatoms. The molecule has 0 aliphatic rings. The van der Waals surface area contributed by atoms with E-state index in [1.807, 2.05) is 0 Å². The van der Waals surface area contributed by atoms with Crippen molar-refractivity contribution >= 4 is 34.9 Å². The van der Waals surface area contributed by atoms with E-state index in [0.29, 0.717) is 22.8 Å². The normalized spacial score (nSPS) is 10.9. The highest BCUT2D eigenvalue weighted by atomic mass is 32.1. The van der Waals surface area contributed by atoms with Crippen LogP contribution in [0.3, 0.4) is 0 Å². The van der Waals surface area contributed by atoms with Crippen LogP contribution in [0, 0.1) is 5.41 Å². The molecule has 0 radical (unpaired) electrons. The zero-order chi connectivity index (χ0) is 19.5. The minimum absolute atomic E-state index is 0.131. The number of thiocarbonyl (C=S) groups is 1. The first-order valence-electron chi connectivity index (χ1n) is 7.76. The molecule has 7 nitrogen and oxygen atoms in total. The monoisotopic (exact) mass is 376 g/mol. The summed E-state index contributed by atoms with van der Waals surface area (Å²) < 4.78 is 10.6. The number of amides is 1. The molecular formula is C18H20N2O5S. The van der Waals surface area contributed by atoms with Gasteiger partial charge in [-0.05, 0) is 42.5 Å². The highest BCUT2D eigenvalue weighted by Crippen LogP contribution is 2.31. The van der Waals surface area contributed by atoms with E-state index in [-0.39, 0.29) is 16.8 Å². The SMILES string of the molecule is COc1ccc(-c2ccc(C(=O)O)o2)cc1NC(=S)NC(=O)C(C)(C)C. The van der Waals surface area contributed by atoms with Crippen molar-refractivity contribution in [3.05, 3.63) is 36.1 Å². The lowest BCUT2D eigenvalue weighted by Crippen LogP contribution is -2.41. The zero-order valence-corrected chi connectivity index (χ0v) is 15.7. The average molecular weight is 376 g/mol. The quantitative estimate of drug-likeness (QED) is 0.702. The van der Waals surface area contributed by atoms with Crippen LogP contribution in [0.1, 0.15) is 31.3 Å². The molecule has 138 valence electrons. The number of hydrogen-bond donors (Lipinski definition) is 3. The average Bonchev–Trinajstić information content (AvgIpc) is 3.04. The summed E-state index contributed by atoms with van der Waals surface area (Å²) in [4.78, 5) is 23.0. The Bertz CT molecular complexity index is 852. The fourth-order valence-electron chi connectivity index (χ4n) is 2.01. The van der Waals surface area contributed by atoms with Crippen molar-refractivity contribution in [3.8, 4) is 17.1 Å². The molecule has 2 rings (SSSR count). The maximum Gasteiger partial charge on any atom is 0.371 e. The second kappa shape index (κ2) is 7.57. The van der Waals surface area contributed by atoms with Crippen molar-refractivity contribution in [1.29, 1.82) is 0 Å². The molecular weight excluding hydrogens is 356 g/mol. The summed E-state index contributed by atoms with van der Waals surface area (Å²) in [6, 6.07) is 8.05. The second-order valence-corrected chi connectivity index (χ2v) is 6.95. The number of furan rings is 1. The van der Waals surface area contributed by atoms with Gasteiger partial charge in [-0.1, -0.05) is 20.8 Å². The summed E-state index contributed by atoms with van der Waals surface area (Å²) in [5, 5.41) is 14.6. The number of anilines is 1. The number of aromatic carboxylic acids is 1. The molecule has 0 bridgehead atoms. The van der Waals surface area contributed by atoms with Crippen LogP contribution in [-0.4, -0.2) is 29.2 Å². The van der Waals surface area contributed by atoms with Crippen LogP contribution in [-0.2, 0) is 4.79 Å². The number of benzene rings is 1. The van der Waals surface area contributed by atoms with E-state index >= 15 is 0 Å². The molecule has 0 spiro atoms. The van der Waals surface area contributed by atoms with Crippen molar-refractivity contribution < 1.29 is 23.8 Å². The largest absolute Gasteiger partial charge is 0.495 e. The Morgan fingerprint density at radius 1 is 1.19 bits per heavy atom. The summed E-state index contributed by atoms with van der Waals surface area (Å²) in [6.07, 6.45) is 0. The van der Waals surface area contributed by atoms with Crippen LogP contribution >= 0.6 is 12.2 Å². The fraction of sp³-hybridized carbons (Fsp3) is 0.278. The van der Waals surface area contributed by atoms with Crippen molar-refractivity contribution in [1.82, 2.24) is 5.32 Å². The van der Waals surface area contributed by atoms with Crippen LogP contribution < -0.4 is 15.4 Å². The van der Waals surface area contributed by atoms with Crippen LogP contribution in [0.2, 0.25) is 0 Å². The first kappa shape index (κ1) is 19.5. The van der Waals surface area contributed by atoms with E-state index in [1.54, 1.807) is 45.0 Å². The number of rotatable bonds is 4. The zero-order valence-electron chi connectivity index (χ0n) is 14.9. The number of carbonyl (C=O) groups is 2. The van der Waals surface area contributed by atoms with Crippen molar-refractivity contribution in [2.75, 3.05) is 12.4 Å². The molecule has 1 heterocycles. The minimum atomic E-state index is -1.14. The van der Waals surface area contributed by atoms with Gasteiger partial charge in [-0.2, -0.15) is 0 Å². The predicted octanol–water partition coefficient (Wildman–Crippen LogP) is 3.51. The first-order valence-corrected chi connectivity index (χ1v) is 8.16. The van der Waals surface area contributed by atoms with Gasteiger partial charge in [0.1, 0.15) is 11.5 Å². The summed E-state index contributed by atoms with van der Waals surface area (Å²) in [7, 11) is 1.51. The van der Waals surface area contributed by atoms with Crippen LogP contribution in [0.4, 0.5) is 5.69 Å². The van der Waals surface area contributed by atoms with Gasteiger partial charge in [0.05, 0.1) is 12.8 Å². The van der Waals surface area contributed by atoms with Gasteiger partial charge in [0.15, 0.2) is 5.11 Å². The Morgan fingerprint density at radius 3 is 2.42 bits per heavy atom. The lowest BCUT2D eigenvalue weighted by atomic mass is 9.96. The first-order chi connectivity index (χ1) is 12.1. The topological polar surface area (TPSA) is 101 Å². The van der Waals surface area contributed by atoms with Gasteiger partial charge in [0.2, 0.25) is 11.7 Å². The molecule has 0 saturated carbocycles. The molecule has 0 fully saturated rings. The summed E-state index contributed by atoms with van der Waals surface area (Å²) in [5.41, 5.74) is 0.558. The molecule has 0 aliphatic carbocycles. The third kappa shape index (κ3) is 4.60. The smallest absolute Gasteiger partial charge is 0.371 e. The molecule has 1 amide bonds. The van der Waals surface area contributed by atoms with E-state index in [2.05, 4.69) is 10.6 Å². The van der Waals surface area contributed by atoms with Crippen molar-refractivity contribution in [2.45, 2.75) is 20.8 Å². The molecule has 2 aromatic rings. The Labute approximate surface area is 156 Å². The van der Waals surface area contributed by atoms with E-state index in [0.717, 1.165) is 0 Å². The van der Waals surface area contributed by atoms with Crippen LogP contribution in [0.5, 0.6) is 5.75 Å². The maximum absolute atomic E-state index is 12.0. The van der Waals surface area contributed by atoms with Gasteiger partial charge in [0.25, 0.3) is 0 Å². The number of hydrogen-bond acceptors (Lipinski definition) is 5. The molecule has 0 saturated heterocycles. The van der Waals surface area contributed by atoms with Gasteiger partial charge in [-0.25, -0.2) is 4.79 Å². The summed E-state index contributed by atoms with van der Waals surface area (Å²) in [6.45, 7) is 5.34. The highest BCUT2D eigenvalue weighted by molar-refractivity contribution is 7.80. The molecule has 0 aliphatic heterocycles. The standard InChI is InChI=1S/C18H20N2O5S/c1-18(2,3)16(23)20-17(26)19-11-9-10(5-6-13(11)24-4)12-7-8-14(25-12)15(21)22/h5-9H,1-4H3,(H,21,22)(H2,19,20,23,26). The number of ether oxygens (including phenoxy) is 1. The lowest BCUT2D eigenvalue weighted by molar-refractivity contribution is -0.126.